The van der Waals surface area contributed by atoms with Gasteiger partial charge in [0.1, 0.15) is 23.4 Å². The van der Waals surface area contributed by atoms with Crippen molar-refractivity contribution in [3.8, 4) is 17.2 Å². The predicted octanol–water partition coefficient (Wildman–Crippen LogP) is 4.07. The third-order valence-corrected chi connectivity index (χ3v) is 9.68. The van der Waals surface area contributed by atoms with E-state index in [1.165, 1.54) is 6.07 Å². The number of rotatable bonds is 12. The maximum absolute atomic E-state index is 12.9. The molecular weight excluding hydrogens is 648 g/mol. The van der Waals surface area contributed by atoms with Crippen molar-refractivity contribution in [3.63, 3.8) is 0 Å². The summed E-state index contributed by atoms with van der Waals surface area (Å²) in [6, 6.07) is 11.2. The number of nitrogens with zero attached hydrogens (tertiary/aromatic N) is 3. The lowest BCUT2D eigenvalue weighted by atomic mass is 9.89. The van der Waals surface area contributed by atoms with Crippen LogP contribution in [0.2, 0.25) is 0 Å². The minimum atomic E-state index is -3.78. The van der Waals surface area contributed by atoms with E-state index in [4.69, 9.17) is 25.4 Å². The molecule has 2 aromatic rings. The molecule has 5 rings (SSSR count). The van der Waals surface area contributed by atoms with Crippen LogP contribution in [-0.2, 0) is 10.0 Å². The van der Waals surface area contributed by atoms with Gasteiger partial charge in [0.05, 0.1) is 37.0 Å². The Morgan fingerprint density at radius 3 is 2.53 bits per heavy atom. The molecule has 2 amide bonds. The zero-order valence-corrected chi connectivity index (χ0v) is 28.4. The maximum atomic E-state index is 12.9. The molecule has 0 saturated carbocycles. The summed E-state index contributed by atoms with van der Waals surface area (Å²) in [7, 11) is -2.24. The molecule has 1 fully saturated rings. The Hall–Kier alpha value is -5.11. The third kappa shape index (κ3) is 9.28. The average molecular weight is 691 g/mol. The van der Waals surface area contributed by atoms with Crippen LogP contribution in [0, 0.1) is 11.3 Å². The van der Waals surface area contributed by atoms with Crippen molar-refractivity contribution in [1.82, 2.24) is 10.2 Å². The van der Waals surface area contributed by atoms with Gasteiger partial charge >= 0.3 is 6.09 Å². The van der Waals surface area contributed by atoms with Gasteiger partial charge in [-0.1, -0.05) is 24.3 Å². The summed E-state index contributed by atoms with van der Waals surface area (Å²) in [5, 5.41) is 11.1. The molecule has 0 radical (unpaired) electrons. The number of likely N-dealkylation sites (tertiary alicyclic amines) is 1. The molecule has 49 heavy (non-hydrogen) atoms. The number of anilines is 1. The van der Waals surface area contributed by atoms with Gasteiger partial charge in [0, 0.05) is 57.1 Å². The second-order valence-electron chi connectivity index (χ2n) is 11.9. The number of methoxy groups -OCH3 is 1. The summed E-state index contributed by atoms with van der Waals surface area (Å²) in [4.78, 5) is 31.8. The molecular formula is C35H42N6O7S. The van der Waals surface area contributed by atoms with Crippen LogP contribution in [0.15, 0.2) is 83.4 Å². The molecule has 0 aromatic heterocycles. The number of amidine groups is 1. The molecule has 14 heteroatoms. The largest absolute Gasteiger partial charge is 0.497 e. The lowest BCUT2D eigenvalue weighted by Crippen LogP contribution is -2.41. The van der Waals surface area contributed by atoms with Crippen molar-refractivity contribution < 1.29 is 32.2 Å². The Morgan fingerprint density at radius 1 is 1.14 bits per heavy atom. The molecule has 1 saturated heterocycles. The first-order valence-corrected chi connectivity index (χ1v) is 18.0. The van der Waals surface area contributed by atoms with Gasteiger partial charge in [-0.05, 0) is 60.5 Å². The summed E-state index contributed by atoms with van der Waals surface area (Å²) < 4.78 is 43.6. The SMILES string of the molecule is COc1ccc(OC(=O)NCC2C(=N)C=CC=C2C=CCN(c2ccc(OC3CCN(C4=NCCC4)CC3)c(C(N)=O)c2)S(C)(=O)=O)cc1. The number of primary amides is 1. The number of sulfonamides is 1. The summed E-state index contributed by atoms with van der Waals surface area (Å²) in [5.41, 5.74) is 7.05. The number of carbonyl (C=O) groups excluding carboxylic acids is 2. The summed E-state index contributed by atoms with van der Waals surface area (Å²) >= 11 is 0. The van der Waals surface area contributed by atoms with Crippen LogP contribution in [0.25, 0.3) is 0 Å². The number of hydrogen-bond donors (Lipinski definition) is 3. The Balaban J connectivity index is 1.23. The minimum Gasteiger partial charge on any atom is -0.497 e. The minimum absolute atomic E-state index is 0.0619. The fraction of sp³-hybridized carbons (Fsp3) is 0.371. The van der Waals surface area contributed by atoms with Crippen LogP contribution >= 0.6 is 0 Å². The molecule has 1 unspecified atom stereocenters. The first-order valence-electron chi connectivity index (χ1n) is 16.1. The highest BCUT2D eigenvalue weighted by atomic mass is 32.2. The van der Waals surface area contributed by atoms with Gasteiger partial charge in [0.2, 0.25) is 10.0 Å². The van der Waals surface area contributed by atoms with E-state index < -0.39 is 27.9 Å². The van der Waals surface area contributed by atoms with E-state index in [2.05, 4.69) is 15.2 Å². The summed E-state index contributed by atoms with van der Waals surface area (Å²) in [5.74, 6) is 1.22. The number of carbonyl (C=O) groups is 2. The van der Waals surface area contributed by atoms with E-state index in [0.29, 0.717) is 22.8 Å². The van der Waals surface area contributed by atoms with Crippen molar-refractivity contribution in [2.75, 3.05) is 50.4 Å². The van der Waals surface area contributed by atoms with Crippen molar-refractivity contribution in [3.05, 3.63) is 84.0 Å². The first-order chi connectivity index (χ1) is 23.5. The predicted molar refractivity (Wildman–Crippen MR) is 189 cm³/mol. The Bertz CT molecular complexity index is 1780. The number of hydrogen-bond acceptors (Lipinski definition) is 10. The smallest absolute Gasteiger partial charge is 0.412 e. The third-order valence-electron chi connectivity index (χ3n) is 8.51. The van der Waals surface area contributed by atoms with Crippen molar-refractivity contribution >= 4 is 39.3 Å². The second-order valence-corrected chi connectivity index (χ2v) is 13.8. The number of piperidine rings is 1. The molecule has 0 spiro atoms. The molecule has 3 aliphatic rings. The monoisotopic (exact) mass is 690 g/mol. The van der Waals surface area contributed by atoms with E-state index in [0.717, 1.165) is 61.7 Å². The molecule has 0 bridgehead atoms. The van der Waals surface area contributed by atoms with Gasteiger partial charge in [0.25, 0.3) is 5.91 Å². The Labute approximate surface area is 286 Å². The van der Waals surface area contributed by atoms with Gasteiger partial charge in [-0.25, -0.2) is 13.2 Å². The fourth-order valence-corrected chi connectivity index (χ4v) is 6.78. The highest BCUT2D eigenvalue weighted by molar-refractivity contribution is 7.92. The molecule has 13 nitrogen and oxygen atoms in total. The number of benzene rings is 2. The van der Waals surface area contributed by atoms with Crippen LogP contribution in [-0.4, -0.2) is 89.1 Å². The van der Waals surface area contributed by atoms with E-state index in [9.17, 15) is 18.0 Å². The molecule has 2 aromatic carbocycles. The van der Waals surface area contributed by atoms with E-state index in [1.54, 1.807) is 73.9 Å². The average Bonchev–Trinajstić information content (AvgIpc) is 3.62. The zero-order chi connectivity index (χ0) is 35.0. The van der Waals surface area contributed by atoms with Crippen LogP contribution in [0.5, 0.6) is 17.2 Å². The van der Waals surface area contributed by atoms with Gasteiger partial charge < -0.3 is 35.6 Å². The molecule has 1 atom stereocenters. The maximum Gasteiger partial charge on any atom is 0.412 e. The van der Waals surface area contributed by atoms with Crippen molar-refractivity contribution in [1.29, 1.82) is 5.41 Å². The topological polar surface area (TPSA) is 177 Å². The van der Waals surface area contributed by atoms with Crippen LogP contribution in [0.3, 0.4) is 0 Å². The van der Waals surface area contributed by atoms with Crippen LogP contribution in [0.1, 0.15) is 36.0 Å². The lowest BCUT2D eigenvalue weighted by molar-refractivity contribution is 0.0982. The van der Waals surface area contributed by atoms with E-state index >= 15 is 0 Å². The number of nitrogens with one attached hydrogen (secondary N) is 2. The normalized spacial score (nSPS) is 18.2. The fourth-order valence-electron chi connectivity index (χ4n) is 5.93. The van der Waals surface area contributed by atoms with Gasteiger partial charge in [0.15, 0.2) is 0 Å². The van der Waals surface area contributed by atoms with Gasteiger partial charge in [-0.3, -0.25) is 14.1 Å². The lowest BCUT2D eigenvalue weighted by Gasteiger charge is -2.34. The number of nitrogens with two attached hydrogens (primary N) is 1. The summed E-state index contributed by atoms with van der Waals surface area (Å²) in [6.07, 6.45) is 12.4. The number of amides is 2. The standard InChI is InChI=1S/C35H42N6O7S/c1-46-26-11-13-27(14-12-26)48-35(43)39-23-30-24(6-3-8-31(30)36)7-5-19-41(49(2,44)45)25-10-15-32(29(22-25)34(37)42)47-28-16-20-40(21-17-28)33-9-4-18-38-33/h3,5-8,10-15,22,28,30,36H,4,9,16-21,23H2,1-2H3,(H2,37,42)(H,39,43). The quantitative estimate of drug-likeness (QED) is 0.299. The first kappa shape index (κ1) is 35.2. The summed E-state index contributed by atoms with van der Waals surface area (Å²) in [6.45, 7) is 2.54. The Morgan fingerprint density at radius 2 is 1.88 bits per heavy atom. The van der Waals surface area contributed by atoms with Crippen molar-refractivity contribution in [2.24, 2.45) is 16.6 Å². The van der Waals surface area contributed by atoms with Gasteiger partial charge in [-0.2, -0.15) is 0 Å². The Kier molecular flexibility index (Phi) is 11.4. The molecule has 260 valence electrons. The molecule has 2 heterocycles. The second kappa shape index (κ2) is 15.9. The number of ether oxygens (including phenoxy) is 3. The zero-order valence-electron chi connectivity index (χ0n) is 27.6. The molecule has 1 aliphatic carbocycles. The van der Waals surface area contributed by atoms with Crippen LogP contribution in [0.4, 0.5) is 10.5 Å². The molecule has 2 aliphatic heterocycles. The number of aliphatic imine (C=N–C) groups is 1. The van der Waals surface area contributed by atoms with E-state index in [-0.39, 0.29) is 36.2 Å². The van der Waals surface area contributed by atoms with Crippen LogP contribution < -0.4 is 29.6 Å². The van der Waals surface area contributed by atoms with Gasteiger partial charge in [-0.15, -0.1) is 0 Å². The highest BCUT2D eigenvalue weighted by Crippen LogP contribution is 2.30. The van der Waals surface area contributed by atoms with E-state index in [1.807, 2.05) is 0 Å². The highest BCUT2D eigenvalue weighted by Gasteiger charge is 2.26. The molecule has 4 N–H and O–H groups in total. The van der Waals surface area contributed by atoms with Crippen molar-refractivity contribution in [2.45, 2.75) is 31.8 Å². The number of allylic oxidation sites excluding steroid dienone is 4.